The summed E-state index contributed by atoms with van der Waals surface area (Å²) in [6.07, 6.45) is 15.2. The summed E-state index contributed by atoms with van der Waals surface area (Å²) in [6.45, 7) is 3.00. The summed E-state index contributed by atoms with van der Waals surface area (Å²) < 4.78 is 2.22. The maximum absolute atomic E-state index is 12.9. The van der Waals surface area contributed by atoms with Crippen molar-refractivity contribution in [3.05, 3.63) is 199 Å². The second kappa shape index (κ2) is 25.1. The van der Waals surface area contributed by atoms with Crippen LogP contribution in [0.25, 0.3) is 38.9 Å². The van der Waals surface area contributed by atoms with E-state index in [2.05, 4.69) is 79.7 Å². The van der Waals surface area contributed by atoms with E-state index in [4.69, 9.17) is 21.4 Å². The molecule has 9 rings (SSSR count). The Balaban J connectivity index is 0.623. The maximum Gasteiger partial charge on any atom is 0.251 e. The van der Waals surface area contributed by atoms with Gasteiger partial charge in [0.2, 0.25) is 16.7 Å². The largest absolute Gasteiger partial charge is 0.399 e. The number of nitrogens with two attached hydrogens (primary N) is 2. The molecule has 0 aliphatic heterocycles. The first-order valence-corrected chi connectivity index (χ1v) is 25.9. The van der Waals surface area contributed by atoms with Crippen molar-refractivity contribution in [2.75, 3.05) is 48.3 Å². The molecule has 9 N–H and O–H groups in total. The van der Waals surface area contributed by atoms with Crippen molar-refractivity contribution in [1.29, 1.82) is 0 Å². The van der Waals surface area contributed by atoms with Gasteiger partial charge in [-0.3, -0.25) is 14.6 Å². The summed E-state index contributed by atoms with van der Waals surface area (Å²) in [6, 6.07) is 53.4. The van der Waals surface area contributed by atoms with E-state index in [9.17, 15) is 9.59 Å². The number of unbranched alkanes of at least 4 members (excludes halogenated alkanes) is 6. The number of para-hydroxylation sites is 2. The van der Waals surface area contributed by atoms with E-state index in [0.29, 0.717) is 35.6 Å². The van der Waals surface area contributed by atoms with Gasteiger partial charge in [-0.25, -0.2) is 4.98 Å². The number of benzene rings is 7. The van der Waals surface area contributed by atoms with Crippen LogP contribution < -0.4 is 42.6 Å². The monoisotopic (exact) mass is 982 g/mol. The molecule has 374 valence electrons. The summed E-state index contributed by atoms with van der Waals surface area (Å²) >= 11 is 0. The molecule has 2 amide bonds. The van der Waals surface area contributed by atoms with Gasteiger partial charge in [0, 0.05) is 102 Å². The molecule has 1 aliphatic rings. The van der Waals surface area contributed by atoms with Gasteiger partial charge in [-0.15, -0.1) is 4.57 Å². The van der Waals surface area contributed by atoms with Crippen molar-refractivity contribution in [2.45, 2.75) is 57.8 Å². The molecule has 8 aromatic rings. The van der Waals surface area contributed by atoms with Crippen LogP contribution in [-0.4, -0.2) is 48.7 Å². The second-order valence-corrected chi connectivity index (χ2v) is 18.7. The number of nitrogens with one attached hydrogen (secondary N) is 5. The highest BCUT2D eigenvalue weighted by Gasteiger charge is 2.20. The number of nitrogens with zero attached hydrogens (tertiary/aromatic N) is 3. The third kappa shape index (κ3) is 13.6. The lowest BCUT2D eigenvalue weighted by Crippen LogP contribution is -2.33. The number of allylic oxidation sites excluding steroid dienone is 3. The number of fused-ring (bicyclic) bond motifs is 2. The van der Waals surface area contributed by atoms with Crippen molar-refractivity contribution in [2.24, 2.45) is 4.99 Å². The number of hydrogen-bond donors (Lipinski definition) is 7. The Morgan fingerprint density at radius 1 is 0.527 bits per heavy atom. The average Bonchev–Trinajstić information content (AvgIpc) is 3.44. The summed E-state index contributed by atoms with van der Waals surface area (Å²) in [5.41, 5.74) is 27.6. The van der Waals surface area contributed by atoms with Crippen LogP contribution in [0.3, 0.4) is 0 Å². The first kappa shape index (κ1) is 50.2. The molecule has 1 aliphatic carbocycles. The van der Waals surface area contributed by atoms with Gasteiger partial charge < -0.3 is 38.1 Å². The minimum atomic E-state index is -0.0750. The lowest BCUT2D eigenvalue weighted by Gasteiger charge is -2.14. The van der Waals surface area contributed by atoms with E-state index in [1.165, 1.54) is 0 Å². The van der Waals surface area contributed by atoms with Crippen LogP contribution in [0.1, 0.15) is 78.5 Å². The van der Waals surface area contributed by atoms with Gasteiger partial charge in [-0.05, 0) is 128 Å². The van der Waals surface area contributed by atoms with E-state index >= 15 is 0 Å². The lowest BCUT2D eigenvalue weighted by atomic mass is 10.0. The van der Waals surface area contributed by atoms with Crippen LogP contribution in [0.5, 0.6) is 0 Å². The number of nitrogen functional groups attached to an aromatic ring is 2. The molecule has 0 fully saturated rings. The molecule has 0 atom stereocenters. The first-order chi connectivity index (χ1) is 36.3. The van der Waals surface area contributed by atoms with Crippen LogP contribution in [0.15, 0.2) is 193 Å². The molecular weight excluding hydrogens is 917 g/mol. The normalized spacial score (nSPS) is 12.6. The van der Waals surface area contributed by atoms with E-state index < -0.39 is 0 Å². The average molecular weight is 982 g/mol. The van der Waals surface area contributed by atoms with Crippen LogP contribution in [0.2, 0.25) is 0 Å². The third-order valence-electron chi connectivity index (χ3n) is 13.1. The number of carbonyl (C=O) groups excluding carboxylic acids is 2. The van der Waals surface area contributed by atoms with E-state index in [0.717, 1.165) is 144 Å². The molecule has 0 radical (unpaired) electrons. The van der Waals surface area contributed by atoms with Crippen LogP contribution in [0, 0.1) is 0 Å². The summed E-state index contributed by atoms with van der Waals surface area (Å²) in [5.74, 6) is -0.147. The van der Waals surface area contributed by atoms with Crippen LogP contribution in [0.4, 0.5) is 34.1 Å². The van der Waals surface area contributed by atoms with Gasteiger partial charge in [0.1, 0.15) is 11.0 Å². The van der Waals surface area contributed by atoms with Crippen molar-refractivity contribution >= 4 is 73.7 Å². The molecule has 1 aromatic heterocycles. The number of rotatable bonds is 23. The highest BCUT2D eigenvalue weighted by Crippen LogP contribution is 2.31. The standard InChI is InChI=1S/C62H64N10O2/c63-48-27-34-55(58(41-48)70-51-15-7-5-8-16-51)69-52-31-29-50(30-32-52)65-37-11-1-3-13-39-67-61(73)46-23-19-44(20-24-46)45-21-25-47(26-22-45)62(74)68-40-14-4-2-12-38-66-53-33-36-57-60(43-53)72(54-17-9-6-10-18-54)59-42-49(64)28-35-56(59)71-57/h5-10,15-31,33-36,41-43,65,70H,1-4,11-14,32,37-40,63H2,(H4,64,66,67,68,73,74)/p+1. The van der Waals surface area contributed by atoms with Gasteiger partial charge in [0.05, 0.1) is 11.4 Å². The number of aliphatic imine (C=N–C) groups is 1. The third-order valence-corrected chi connectivity index (χ3v) is 13.1. The Kier molecular flexibility index (Phi) is 17.0. The Labute approximate surface area is 433 Å². The molecule has 0 saturated heterocycles. The molecule has 0 saturated carbocycles. The highest BCUT2D eigenvalue weighted by molar-refractivity contribution is 6.00. The zero-order chi connectivity index (χ0) is 50.9. The quantitative estimate of drug-likeness (QED) is 0.0143. The maximum atomic E-state index is 12.9. The fourth-order valence-corrected chi connectivity index (χ4v) is 9.08. The van der Waals surface area contributed by atoms with Gasteiger partial charge in [0.25, 0.3) is 11.8 Å². The fourth-order valence-electron chi connectivity index (χ4n) is 9.08. The summed E-state index contributed by atoms with van der Waals surface area (Å²) in [7, 11) is 0. The SMILES string of the molecule is Nc1ccc(N=C2C=CC(NCCCCCCNC(=O)c3ccc(-c4ccc(C(=O)NCCCCCCNc5ccc6nc7ccc(N)cc7[n+](-c7ccccc7)c6c5)cc4)cc3)=CC2)c(Nc2ccccc2)c1. The van der Waals surface area contributed by atoms with Gasteiger partial charge in [-0.2, -0.15) is 0 Å². The zero-order valence-corrected chi connectivity index (χ0v) is 41.8. The number of aromatic nitrogens is 2. The van der Waals surface area contributed by atoms with Gasteiger partial charge in [-0.1, -0.05) is 92.4 Å². The Bertz CT molecular complexity index is 3280. The molecule has 12 heteroatoms. The number of hydrogen-bond acceptors (Lipinski definition) is 9. The predicted molar refractivity (Wildman–Crippen MR) is 305 cm³/mol. The van der Waals surface area contributed by atoms with E-state index in [1.54, 1.807) is 0 Å². The molecule has 74 heavy (non-hydrogen) atoms. The van der Waals surface area contributed by atoms with Crippen molar-refractivity contribution in [1.82, 2.24) is 20.9 Å². The zero-order valence-electron chi connectivity index (χ0n) is 41.8. The fraction of sp³-hybridized carbons (Fsp3) is 0.210. The minimum absolute atomic E-state index is 0.0715. The summed E-state index contributed by atoms with van der Waals surface area (Å²) in [5, 5.41) is 16.7. The van der Waals surface area contributed by atoms with Crippen molar-refractivity contribution in [3.63, 3.8) is 0 Å². The van der Waals surface area contributed by atoms with Crippen LogP contribution >= 0.6 is 0 Å². The Morgan fingerprint density at radius 3 is 1.70 bits per heavy atom. The minimum Gasteiger partial charge on any atom is -0.399 e. The first-order valence-electron chi connectivity index (χ1n) is 25.9. The van der Waals surface area contributed by atoms with Gasteiger partial charge in [0.15, 0.2) is 0 Å². The molecule has 0 unspecified atom stereocenters. The predicted octanol–water partition coefficient (Wildman–Crippen LogP) is 12.1. The molecular formula is C62H65N10O2+. The lowest BCUT2D eigenvalue weighted by molar-refractivity contribution is -0.538. The van der Waals surface area contributed by atoms with Gasteiger partial charge >= 0.3 is 0 Å². The Hall–Kier alpha value is -8.77. The molecule has 7 aromatic carbocycles. The highest BCUT2D eigenvalue weighted by atomic mass is 16.2. The van der Waals surface area contributed by atoms with E-state index in [1.807, 2.05) is 133 Å². The number of carbonyl (C=O) groups is 2. The molecule has 12 nitrogen and oxygen atoms in total. The molecule has 0 bridgehead atoms. The van der Waals surface area contributed by atoms with E-state index in [-0.39, 0.29) is 11.8 Å². The number of anilines is 5. The Morgan fingerprint density at radius 2 is 1.08 bits per heavy atom. The van der Waals surface area contributed by atoms with Crippen molar-refractivity contribution in [3.8, 4) is 16.8 Å². The smallest absolute Gasteiger partial charge is 0.251 e. The van der Waals surface area contributed by atoms with Crippen molar-refractivity contribution < 1.29 is 14.2 Å². The number of amides is 2. The molecule has 0 spiro atoms. The van der Waals surface area contributed by atoms with Crippen LogP contribution in [-0.2, 0) is 0 Å². The second-order valence-electron chi connectivity index (χ2n) is 18.7. The molecule has 1 heterocycles. The topological polar surface area (TPSA) is 175 Å². The summed E-state index contributed by atoms with van der Waals surface area (Å²) in [4.78, 5) is 35.7.